The normalized spacial score (nSPS) is 26.2. The summed E-state index contributed by atoms with van der Waals surface area (Å²) in [5, 5.41) is 0. The van der Waals surface area contributed by atoms with E-state index in [0.29, 0.717) is 0 Å². The van der Waals surface area contributed by atoms with Gasteiger partial charge in [-0.05, 0) is 5.56 Å². The smallest absolute Gasteiger partial charge is 0.131 e. The van der Waals surface area contributed by atoms with Crippen LogP contribution in [0, 0.1) is 12.3 Å². The Balaban J connectivity index is 1.72. The maximum absolute atomic E-state index is 6.17. The quantitative estimate of drug-likeness (QED) is 0.769. The molecule has 20 heavy (non-hydrogen) atoms. The van der Waals surface area contributed by atoms with Crippen LogP contribution in [0.5, 0.6) is 0 Å². The summed E-state index contributed by atoms with van der Waals surface area (Å²) in [6.45, 7) is 4.25. The lowest BCUT2D eigenvalue weighted by atomic mass is 9.91. The fourth-order valence-corrected chi connectivity index (χ4v) is 3.15. The molecule has 1 aromatic carbocycles. The van der Waals surface area contributed by atoms with Crippen LogP contribution in [0.25, 0.3) is 0 Å². The first kappa shape index (κ1) is 13.6. The minimum atomic E-state index is -0.109. The van der Waals surface area contributed by atoms with E-state index in [0.717, 1.165) is 45.7 Å². The lowest BCUT2D eigenvalue weighted by molar-refractivity contribution is -0.174. The van der Waals surface area contributed by atoms with Crippen LogP contribution < -0.4 is 0 Å². The minimum Gasteiger partial charge on any atom is -0.381 e. The maximum Gasteiger partial charge on any atom is 0.131 e. The number of morpholine rings is 1. The van der Waals surface area contributed by atoms with Crippen LogP contribution in [0.15, 0.2) is 30.3 Å². The highest BCUT2D eigenvalue weighted by Crippen LogP contribution is 2.32. The van der Waals surface area contributed by atoms with Crippen LogP contribution in [-0.2, 0) is 16.0 Å². The largest absolute Gasteiger partial charge is 0.381 e. The molecular weight excluding hydrogens is 250 g/mol. The molecule has 3 heteroatoms. The first-order chi connectivity index (χ1) is 9.80. The van der Waals surface area contributed by atoms with Gasteiger partial charge in [0.05, 0.1) is 5.60 Å². The molecule has 1 aromatic rings. The molecular formula is C17H21NO2. The molecule has 0 aromatic heterocycles. The van der Waals surface area contributed by atoms with E-state index in [1.807, 2.05) is 6.07 Å². The van der Waals surface area contributed by atoms with E-state index < -0.39 is 0 Å². The zero-order valence-corrected chi connectivity index (χ0v) is 11.8. The van der Waals surface area contributed by atoms with Crippen molar-refractivity contribution in [3.63, 3.8) is 0 Å². The van der Waals surface area contributed by atoms with E-state index >= 15 is 0 Å². The van der Waals surface area contributed by atoms with Crippen LogP contribution in [0.4, 0.5) is 0 Å². The molecule has 3 nitrogen and oxygen atoms in total. The third-order valence-corrected chi connectivity index (χ3v) is 4.17. The number of nitrogens with zero attached hydrogens (tertiary/aromatic N) is 1. The van der Waals surface area contributed by atoms with E-state index in [9.17, 15) is 0 Å². The Morgan fingerprint density at radius 1 is 1.25 bits per heavy atom. The van der Waals surface area contributed by atoms with Crippen LogP contribution in [0.1, 0.15) is 18.4 Å². The van der Waals surface area contributed by atoms with Gasteiger partial charge in [-0.1, -0.05) is 36.3 Å². The number of terminal acetylenes is 1. The van der Waals surface area contributed by atoms with Crippen molar-refractivity contribution in [3.05, 3.63) is 35.9 Å². The maximum atomic E-state index is 6.17. The van der Waals surface area contributed by atoms with E-state index in [1.165, 1.54) is 5.56 Å². The van der Waals surface area contributed by atoms with E-state index in [2.05, 4.69) is 35.1 Å². The van der Waals surface area contributed by atoms with Crippen molar-refractivity contribution < 1.29 is 9.47 Å². The zero-order valence-electron chi connectivity index (χ0n) is 11.8. The number of benzene rings is 1. The summed E-state index contributed by atoms with van der Waals surface area (Å²) in [6.07, 6.45) is 7.39. The molecule has 0 aliphatic carbocycles. The highest BCUT2D eigenvalue weighted by molar-refractivity contribution is 5.15. The lowest BCUT2D eigenvalue weighted by Crippen LogP contribution is -2.57. The van der Waals surface area contributed by atoms with E-state index in [1.54, 1.807) is 0 Å². The average molecular weight is 271 g/mol. The molecule has 2 fully saturated rings. The number of rotatable bonds is 2. The fourth-order valence-electron chi connectivity index (χ4n) is 3.15. The standard InChI is InChI=1S/C17H21NO2/c1-2-16-13-18(12-15-6-4-3-5-7-15)14-17(20-16)8-10-19-11-9-17/h1,3-7,16H,8-14H2. The second-order valence-electron chi connectivity index (χ2n) is 5.72. The SMILES string of the molecule is C#CC1CN(Cc2ccccc2)CC2(CCOCC2)O1. The van der Waals surface area contributed by atoms with Gasteiger partial charge in [-0.2, -0.15) is 0 Å². The van der Waals surface area contributed by atoms with Gasteiger partial charge in [-0.15, -0.1) is 6.42 Å². The third-order valence-electron chi connectivity index (χ3n) is 4.17. The molecule has 2 saturated heterocycles. The highest BCUT2D eigenvalue weighted by atomic mass is 16.5. The summed E-state index contributed by atoms with van der Waals surface area (Å²) in [7, 11) is 0. The summed E-state index contributed by atoms with van der Waals surface area (Å²) in [6, 6.07) is 10.5. The summed E-state index contributed by atoms with van der Waals surface area (Å²) in [5.41, 5.74) is 1.22. The molecule has 1 unspecified atom stereocenters. The highest BCUT2D eigenvalue weighted by Gasteiger charge is 2.41. The molecule has 0 N–H and O–H groups in total. The first-order valence-corrected chi connectivity index (χ1v) is 7.28. The topological polar surface area (TPSA) is 21.7 Å². The summed E-state index contributed by atoms with van der Waals surface area (Å²) >= 11 is 0. The van der Waals surface area contributed by atoms with Crippen molar-refractivity contribution in [2.45, 2.75) is 31.1 Å². The number of hydrogen-bond acceptors (Lipinski definition) is 3. The molecule has 2 aliphatic rings. The van der Waals surface area contributed by atoms with Gasteiger partial charge in [0.25, 0.3) is 0 Å². The Bertz CT molecular complexity index is 474. The molecule has 1 atom stereocenters. The molecule has 3 rings (SSSR count). The molecule has 2 aliphatic heterocycles. The predicted octanol–water partition coefficient (Wildman–Crippen LogP) is 2.07. The molecule has 2 heterocycles. The van der Waals surface area contributed by atoms with Crippen molar-refractivity contribution in [1.82, 2.24) is 4.90 Å². The minimum absolute atomic E-state index is 0.106. The van der Waals surface area contributed by atoms with Gasteiger partial charge < -0.3 is 9.47 Å². The monoisotopic (exact) mass is 271 g/mol. The van der Waals surface area contributed by atoms with Gasteiger partial charge >= 0.3 is 0 Å². The van der Waals surface area contributed by atoms with Crippen molar-refractivity contribution in [3.8, 4) is 12.3 Å². The molecule has 1 spiro atoms. The number of ether oxygens (including phenoxy) is 2. The van der Waals surface area contributed by atoms with Crippen LogP contribution in [0.3, 0.4) is 0 Å². The lowest BCUT2D eigenvalue weighted by Gasteiger charge is -2.47. The molecule has 0 radical (unpaired) electrons. The van der Waals surface area contributed by atoms with Crippen molar-refractivity contribution in [2.24, 2.45) is 0 Å². The molecule has 0 bridgehead atoms. The van der Waals surface area contributed by atoms with Gasteiger partial charge in [0, 0.05) is 45.7 Å². The summed E-state index contributed by atoms with van der Waals surface area (Å²) < 4.78 is 11.6. The van der Waals surface area contributed by atoms with Crippen LogP contribution >= 0.6 is 0 Å². The van der Waals surface area contributed by atoms with E-state index in [4.69, 9.17) is 15.9 Å². The van der Waals surface area contributed by atoms with Gasteiger partial charge in [-0.3, -0.25) is 4.90 Å². The summed E-state index contributed by atoms with van der Waals surface area (Å²) in [5.74, 6) is 2.79. The van der Waals surface area contributed by atoms with Crippen molar-refractivity contribution in [2.75, 3.05) is 26.3 Å². The predicted molar refractivity (Wildman–Crippen MR) is 78.2 cm³/mol. The molecule has 106 valence electrons. The van der Waals surface area contributed by atoms with Crippen LogP contribution in [0.2, 0.25) is 0 Å². The van der Waals surface area contributed by atoms with Gasteiger partial charge in [-0.25, -0.2) is 0 Å². The van der Waals surface area contributed by atoms with Crippen LogP contribution in [-0.4, -0.2) is 42.9 Å². The zero-order chi connectivity index (χ0) is 13.8. The molecule has 0 saturated carbocycles. The Morgan fingerprint density at radius 3 is 2.70 bits per heavy atom. The Morgan fingerprint density at radius 2 is 2.00 bits per heavy atom. The third kappa shape index (κ3) is 3.04. The van der Waals surface area contributed by atoms with E-state index in [-0.39, 0.29) is 11.7 Å². The molecule has 0 amide bonds. The second-order valence-corrected chi connectivity index (χ2v) is 5.72. The van der Waals surface area contributed by atoms with Gasteiger partial charge in [0.1, 0.15) is 6.10 Å². The number of hydrogen-bond donors (Lipinski definition) is 0. The van der Waals surface area contributed by atoms with Gasteiger partial charge in [0.15, 0.2) is 0 Å². The first-order valence-electron chi connectivity index (χ1n) is 7.28. The van der Waals surface area contributed by atoms with Crippen molar-refractivity contribution in [1.29, 1.82) is 0 Å². The average Bonchev–Trinajstić information content (AvgIpc) is 2.48. The Labute approximate surface area is 120 Å². The van der Waals surface area contributed by atoms with Gasteiger partial charge in [0.2, 0.25) is 0 Å². The Kier molecular flexibility index (Phi) is 4.07. The summed E-state index contributed by atoms with van der Waals surface area (Å²) in [4.78, 5) is 2.43. The van der Waals surface area contributed by atoms with Crippen molar-refractivity contribution >= 4 is 0 Å². The second kappa shape index (κ2) is 5.97. The Hall–Kier alpha value is -1.34. The fraction of sp³-hybridized carbons (Fsp3) is 0.529.